The molecular weight excluding hydrogens is 242 g/mol. The summed E-state index contributed by atoms with van der Waals surface area (Å²) in [5.41, 5.74) is 1.10. The van der Waals surface area contributed by atoms with Crippen LogP contribution in [0.1, 0.15) is 24.8 Å². The van der Waals surface area contributed by atoms with E-state index in [2.05, 4.69) is 4.90 Å². The second-order valence-electron chi connectivity index (χ2n) is 5.17. The number of benzene rings is 1. The van der Waals surface area contributed by atoms with Gasteiger partial charge in [0.15, 0.2) is 0 Å². The number of methoxy groups -OCH3 is 1. The van der Waals surface area contributed by atoms with Crippen LogP contribution in [-0.2, 0) is 11.3 Å². The van der Waals surface area contributed by atoms with Crippen LogP contribution in [0.3, 0.4) is 0 Å². The molecular formula is C15H21NO3. The monoisotopic (exact) mass is 263 g/mol. The topological polar surface area (TPSA) is 49.8 Å². The number of carboxylic acids is 1. The molecule has 0 aliphatic heterocycles. The zero-order valence-electron chi connectivity index (χ0n) is 11.5. The van der Waals surface area contributed by atoms with E-state index >= 15 is 0 Å². The highest BCUT2D eigenvalue weighted by molar-refractivity contribution is 5.71. The van der Waals surface area contributed by atoms with Gasteiger partial charge in [0.2, 0.25) is 0 Å². The first-order valence-corrected chi connectivity index (χ1v) is 6.68. The van der Waals surface area contributed by atoms with Crippen molar-refractivity contribution in [2.75, 3.05) is 14.2 Å². The third-order valence-electron chi connectivity index (χ3n) is 3.98. The lowest BCUT2D eigenvalue weighted by molar-refractivity contribution is -0.143. The van der Waals surface area contributed by atoms with Crippen molar-refractivity contribution in [3.8, 4) is 5.75 Å². The Hall–Kier alpha value is -1.55. The largest absolute Gasteiger partial charge is 0.496 e. The Morgan fingerprint density at radius 1 is 1.42 bits per heavy atom. The number of carboxylic acid groups (broad SMARTS) is 1. The van der Waals surface area contributed by atoms with Crippen LogP contribution >= 0.6 is 0 Å². The van der Waals surface area contributed by atoms with Crippen LogP contribution in [0.5, 0.6) is 5.75 Å². The van der Waals surface area contributed by atoms with E-state index in [9.17, 15) is 9.90 Å². The molecule has 4 nitrogen and oxygen atoms in total. The lowest BCUT2D eigenvalue weighted by Crippen LogP contribution is -2.37. The van der Waals surface area contributed by atoms with Gasteiger partial charge in [-0.3, -0.25) is 9.69 Å². The zero-order chi connectivity index (χ0) is 13.8. The van der Waals surface area contributed by atoms with Gasteiger partial charge < -0.3 is 9.84 Å². The van der Waals surface area contributed by atoms with Gasteiger partial charge in [-0.25, -0.2) is 0 Å². The van der Waals surface area contributed by atoms with Crippen molar-refractivity contribution in [1.82, 2.24) is 4.90 Å². The third kappa shape index (κ3) is 3.07. The number of nitrogens with zero attached hydrogens (tertiary/aromatic N) is 1. The number of aliphatic carboxylic acids is 1. The highest BCUT2D eigenvalue weighted by Crippen LogP contribution is 2.31. The van der Waals surface area contributed by atoms with Gasteiger partial charge in [-0.05, 0) is 26.0 Å². The molecule has 0 bridgehead atoms. The maximum atomic E-state index is 11.2. The number of carbonyl (C=O) groups is 1. The van der Waals surface area contributed by atoms with Crippen LogP contribution in [0.15, 0.2) is 24.3 Å². The average molecular weight is 263 g/mol. The van der Waals surface area contributed by atoms with Crippen molar-refractivity contribution in [1.29, 1.82) is 0 Å². The molecule has 2 unspecified atom stereocenters. The second-order valence-corrected chi connectivity index (χ2v) is 5.17. The predicted molar refractivity (Wildman–Crippen MR) is 73.2 cm³/mol. The third-order valence-corrected chi connectivity index (χ3v) is 3.98. The molecule has 1 fully saturated rings. The maximum Gasteiger partial charge on any atom is 0.308 e. The summed E-state index contributed by atoms with van der Waals surface area (Å²) >= 11 is 0. The Morgan fingerprint density at radius 2 is 2.16 bits per heavy atom. The zero-order valence-corrected chi connectivity index (χ0v) is 11.5. The first kappa shape index (κ1) is 13.9. The minimum atomic E-state index is -0.672. The number of hydrogen-bond donors (Lipinski definition) is 1. The number of ether oxygens (including phenoxy) is 1. The van der Waals surface area contributed by atoms with E-state index in [-0.39, 0.29) is 12.0 Å². The van der Waals surface area contributed by atoms with Gasteiger partial charge in [-0.2, -0.15) is 0 Å². The Labute approximate surface area is 114 Å². The Morgan fingerprint density at radius 3 is 2.84 bits per heavy atom. The van der Waals surface area contributed by atoms with Gasteiger partial charge in [0.1, 0.15) is 5.75 Å². The standard InChI is InChI=1S/C15H21NO3/c1-16(13-8-5-7-12(13)15(17)18)10-11-6-3-4-9-14(11)19-2/h3-4,6,9,12-13H,5,7-8,10H2,1-2H3,(H,17,18). The first-order chi connectivity index (χ1) is 9.13. The van der Waals surface area contributed by atoms with E-state index in [1.807, 2.05) is 31.3 Å². The van der Waals surface area contributed by atoms with Crippen LogP contribution in [0.25, 0.3) is 0 Å². The molecule has 0 amide bonds. The van der Waals surface area contributed by atoms with Crippen molar-refractivity contribution in [2.24, 2.45) is 5.92 Å². The minimum Gasteiger partial charge on any atom is -0.496 e. The van der Waals surface area contributed by atoms with Crippen LogP contribution < -0.4 is 4.74 Å². The molecule has 1 aliphatic rings. The molecule has 1 aromatic carbocycles. The number of rotatable bonds is 5. The Kier molecular flexibility index (Phi) is 4.43. The van der Waals surface area contributed by atoms with E-state index in [0.717, 1.165) is 37.1 Å². The van der Waals surface area contributed by atoms with Gasteiger partial charge in [0.05, 0.1) is 13.0 Å². The summed E-state index contributed by atoms with van der Waals surface area (Å²) in [6, 6.07) is 8.02. The summed E-state index contributed by atoms with van der Waals surface area (Å²) in [5.74, 6) is -0.0479. The molecule has 1 N–H and O–H groups in total. The maximum absolute atomic E-state index is 11.2. The summed E-state index contributed by atoms with van der Waals surface area (Å²) in [6.45, 7) is 0.721. The molecule has 19 heavy (non-hydrogen) atoms. The van der Waals surface area contributed by atoms with Gasteiger partial charge in [0.25, 0.3) is 0 Å². The Balaban J connectivity index is 2.08. The fourth-order valence-electron chi connectivity index (χ4n) is 2.98. The average Bonchev–Trinajstić information content (AvgIpc) is 2.88. The van der Waals surface area contributed by atoms with Crippen molar-refractivity contribution in [3.63, 3.8) is 0 Å². The molecule has 2 rings (SSSR count). The van der Waals surface area contributed by atoms with Gasteiger partial charge in [-0.15, -0.1) is 0 Å². The van der Waals surface area contributed by atoms with Crippen LogP contribution in [0.4, 0.5) is 0 Å². The first-order valence-electron chi connectivity index (χ1n) is 6.68. The SMILES string of the molecule is COc1ccccc1CN(C)C1CCCC1C(=O)O. The fraction of sp³-hybridized carbons (Fsp3) is 0.533. The van der Waals surface area contributed by atoms with Crippen LogP contribution in [0, 0.1) is 5.92 Å². The quantitative estimate of drug-likeness (QED) is 0.886. The normalized spacial score (nSPS) is 22.7. The van der Waals surface area contributed by atoms with E-state index in [1.54, 1.807) is 7.11 Å². The summed E-state index contributed by atoms with van der Waals surface area (Å²) < 4.78 is 5.34. The molecule has 0 spiro atoms. The van der Waals surface area contributed by atoms with Gasteiger partial charge >= 0.3 is 5.97 Å². The summed E-state index contributed by atoms with van der Waals surface area (Å²) in [4.78, 5) is 13.4. The van der Waals surface area contributed by atoms with E-state index < -0.39 is 5.97 Å². The molecule has 104 valence electrons. The summed E-state index contributed by atoms with van der Waals surface area (Å²) in [7, 11) is 3.66. The van der Waals surface area contributed by atoms with Crippen molar-refractivity contribution >= 4 is 5.97 Å². The lowest BCUT2D eigenvalue weighted by Gasteiger charge is -2.28. The molecule has 1 aliphatic carbocycles. The molecule has 0 heterocycles. The molecule has 2 atom stereocenters. The fourth-order valence-corrected chi connectivity index (χ4v) is 2.98. The number of hydrogen-bond acceptors (Lipinski definition) is 3. The van der Waals surface area contributed by atoms with Crippen LogP contribution in [-0.4, -0.2) is 36.2 Å². The molecule has 1 saturated carbocycles. The Bertz CT molecular complexity index is 447. The predicted octanol–water partition coefficient (Wildman–Crippen LogP) is 2.38. The van der Waals surface area contributed by atoms with Crippen LogP contribution in [0.2, 0.25) is 0 Å². The van der Waals surface area contributed by atoms with Crippen molar-refractivity contribution < 1.29 is 14.6 Å². The van der Waals surface area contributed by atoms with Crippen molar-refractivity contribution in [3.05, 3.63) is 29.8 Å². The minimum absolute atomic E-state index is 0.127. The molecule has 0 aromatic heterocycles. The van der Waals surface area contributed by atoms with Gasteiger partial charge in [-0.1, -0.05) is 24.6 Å². The second kappa shape index (κ2) is 6.06. The highest BCUT2D eigenvalue weighted by Gasteiger charge is 2.35. The van der Waals surface area contributed by atoms with Gasteiger partial charge in [0, 0.05) is 18.2 Å². The van der Waals surface area contributed by atoms with E-state index in [0.29, 0.717) is 0 Å². The summed E-state index contributed by atoms with van der Waals surface area (Å²) in [5, 5.41) is 9.25. The molecule has 0 radical (unpaired) electrons. The number of para-hydroxylation sites is 1. The highest BCUT2D eigenvalue weighted by atomic mass is 16.5. The van der Waals surface area contributed by atoms with E-state index in [1.165, 1.54) is 0 Å². The molecule has 1 aromatic rings. The molecule has 4 heteroatoms. The van der Waals surface area contributed by atoms with E-state index in [4.69, 9.17) is 4.74 Å². The van der Waals surface area contributed by atoms with Crippen molar-refractivity contribution in [2.45, 2.75) is 31.8 Å². The summed E-state index contributed by atoms with van der Waals surface area (Å²) in [6.07, 6.45) is 2.75. The lowest BCUT2D eigenvalue weighted by atomic mass is 10.0. The molecule has 0 saturated heterocycles. The smallest absolute Gasteiger partial charge is 0.308 e.